The van der Waals surface area contributed by atoms with Gasteiger partial charge in [-0.1, -0.05) is 24.3 Å². The van der Waals surface area contributed by atoms with E-state index in [1.54, 1.807) is 30.3 Å². The van der Waals surface area contributed by atoms with Crippen LogP contribution in [-0.4, -0.2) is 26.9 Å². The number of amides is 2. The summed E-state index contributed by atoms with van der Waals surface area (Å²) in [5.74, 6) is -0.742. The van der Waals surface area contributed by atoms with Gasteiger partial charge in [0, 0.05) is 15.7 Å². The van der Waals surface area contributed by atoms with Gasteiger partial charge in [-0.3, -0.25) is 24.6 Å². The maximum absolute atomic E-state index is 12.7. The third kappa shape index (κ3) is 5.51. The molecule has 0 aliphatic carbocycles. The number of hydrogen-bond acceptors (Lipinski definition) is 7. The number of ether oxygens (including phenoxy) is 1. The molecule has 1 heterocycles. The zero-order valence-corrected chi connectivity index (χ0v) is 20.3. The van der Waals surface area contributed by atoms with Gasteiger partial charge >= 0.3 is 5.97 Å². The van der Waals surface area contributed by atoms with Crippen molar-refractivity contribution in [3.05, 3.63) is 108 Å². The molecule has 0 unspecified atom stereocenters. The second kappa shape index (κ2) is 10.2. The standard InChI is InChI=1S/C24H15IN2O6S/c25-18-7-1-16(2-8-18)14-26-22(28)21(34-24(26)30)13-15-3-11-20(12-4-15)33-23(29)17-5-9-19(10-6-17)27(31)32/h1-13H,14H2/b21-13-. The van der Waals surface area contributed by atoms with Crippen LogP contribution in [0, 0.1) is 13.7 Å². The van der Waals surface area contributed by atoms with Crippen LogP contribution >= 0.6 is 34.4 Å². The SMILES string of the molecule is O=C(Oc1ccc(/C=C2\SC(=O)N(Cc3ccc(I)cc3)C2=O)cc1)c1ccc([N+](=O)[O-])cc1. The maximum atomic E-state index is 12.7. The lowest BCUT2D eigenvalue weighted by atomic mass is 10.2. The van der Waals surface area contributed by atoms with Crippen LogP contribution in [0.3, 0.4) is 0 Å². The summed E-state index contributed by atoms with van der Waals surface area (Å²) < 4.78 is 6.36. The average Bonchev–Trinajstić information content (AvgIpc) is 3.09. The lowest BCUT2D eigenvalue weighted by Gasteiger charge is -2.12. The molecule has 0 spiro atoms. The Bertz CT molecular complexity index is 1300. The Labute approximate surface area is 211 Å². The van der Waals surface area contributed by atoms with E-state index in [-0.39, 0.29) is 34.7 Å². The van der Waals surface area contributed by atoms with Crippen molar-refractivity contribution in [1.82, 2.24) is 4.90 Å². The van der Waals surface area contributed by atoms with Crippen molar-refractivity contribution < 1.29 is 24.0 Å². The van der Waals surface area contributed by atoms with E-state index in [4.69, 9.17) is 4.74 Å². The Balaban J connectivity index is 1.41. The second-order valence-electron chi connectivity index (χ2n) is 7.16. The molecule has 0 bridgehead atoms. The molecule has 1 aliphatic rings. The van der Waals surface area contributed by atoms with Crippen molar-refractivity contribution in [2.24, 2.45) is 0 Å². The lowest BCUT2D eigenvalue weighted by Crippen LogP contribution is -2.27. The molecular weight excluding hydrogens is 571 g/mol. The molecule has 2 amide bonds. The smallest absolute Gasteiger partial charge is 0.343 e. The van der Waals surface area contributed by atoms with Gasteiger partial charge in [-0.05, 0) is 88.0 Å². The summed E-state index contributed by atoms with van der Waals surface area (Å²) in [4.78, 5) is 49.0. The molecule has 3 aromatic carbocycles. The zero-order chi connectivity index (χ0) is 24.2. The number of carbonyl (C=O) groups is 3. The first kappa shape index (κ1) is 23.6. The lowest BCUT2D eigenvalue weighted by molar-refractivity contribution is -0.384. The molecule has 4 rings (SSSR count). The summed E-state index contributed by atoms with van der Waals surface area (Å²) in [7, 11) is 0. The molecule has 34 heavy (non-hydrogen) atoms. The number of benzene rings is 3. The van der Waals surface area contributed by atoms with Gasteiger partial charge in [0.1, 0.15) is 5.75 Å². The molecule has 0 aromatic heterocycles. The number of carbonyl (C=O) groups excluding carboxylic acids is 3. The van der Waals surface area contributed by atoms with Crippen molar-refractivity contribution in [2.75, 3.05) is 0 Å². The van der Waals surface area contributed by atoms with Crippen LogP contribution in [-0.2, 0) is 11.3 Å². The molecule has 0 N–H and O–H groups in total. The summed E-state index contributed by atoms with van der Waals surface area (Å²) in [6.07, 6.45) is 1.61. The van der Waals surface area contributed by atoms with Gasteiger partial charge in [0.15, 0.2) is 0 Å². The van der Waals surface area contributed by atoms with E-state index in [9.17, 15) is 24.5 Å². The van der Waals surface area contributed by atoms with Gasteiger partial charge < -0.3 is 4.74 Å². The fourth-order valence-electron chi connectivity index (χ4n) is 3.08. The number of nitro benzene ring substituents is 1. The summed E-state index contributed by atoms with van der Waals surface area (Å²) in [6.45, 7) is 0.205. The Morgan fingerprint density at radius 3 is 2.26 bits per heavy atom. The molecule has 170 valence electrons. The van der Waals surface area contributed by atoms with Crippen LogP contribution in [0.25, 0.3) is 6.08 Å². The van der Waals surface area contributed by atoms with Crippen molar-refractivity contribution in [2.45, 2.75) is 6.54 Å². The summed E-state index contributed by atoms with van der Waals surface area (Å²) in [5.41, 5.74) is 1.58. The van der Waals surface area contributed by atoms with Gasteiger partial charge in [-0.15, -0.1) is 0 Å². The quantitative estimate of drug-likeness (QED) is 0.0917. The molecule has 8 nitrogen and oxygen atoms in total. The minimum atomic E-state index is -0.653. The van der Waals surface area contributed by atoms with Crippen LogP contribution < -0.4 is 4.74 Å². The maximum Gasteiger partial charge on any atom is 0.343 e. The zero-order valence-electron chi connectivity index (χ0n) is 17.3. The summed E-state index contributed by atoms with van der Waals surface area (Å²) in [6, 6.07) is 19.1. The van der Waals surface area contributed by atoms with Crippen molar-refractivity contribution in [3.8, 4) is 5.75 Å². The fourth-order valence-corrected chi connectivity index (χ4v) is 4.28. The first-order chi connectivity index (χ1) is 16.3. The highest BCUT2D eigenvalue weighted by Gasteiger charge is 2.34. The van der Waals surface area contributed by atoms with Gasteiger partial charge in [-0.25, -0.2) is 4.79 Å². The molecule has 1 aliphatic heterocycles. The number of thioether (sulfide) groups is 1. The Kier molecular flexibility index (Phi) is 7.08. The minimum absolute atomic E-state index is 0.121. The molecule has 1 fully saturated rings. The number of nitrogens with zero attached hydrogens (tertiary/aromatic N) is 2. The number of halogens is 1. The van der Waals surface area contributed by atoms with E-state index in [1.165, 1.54) is 29.2 Å². The van der Waals surface area contributed by atoms with E-state index in [0.29, 0.717) is 10.5 Å². The summed E-state index contributed by atoms with van der Waals surface area (Å²) in [5, 5.41) is 10.4. The minimum Gasteiger partial charge on any atom is -0.423 e. The normalized spacial score (nSPS) is 14.5. The van der Waals surface area contributed by atoms with Gasteiger partial charge in [0.05, 0.1) is 21.9 Å². The number of hydrogen-bond donors (Lipinski definition) is 0. The van der Waals surface area contributed by atoms with E-state index in [2.05, 4.69) is 22.6 Å². The van der Waals surface area contributed by atoms with Crippen LogP contribution in [0.2, 0.25) is 0 Å². The molecule has 1 saturated heterocycles. The highest BCUT2D eigenvalue weighted by Crippen LogP contribution is 2.33. The third-order valence-corrected chi connectivity index (χ3v) is 6.46. The van der Waals surface area contributed by atoms with E-state index in [0.717, 1.165) is 20.9 Å². The van der Waals surface area contributed by atoms with E-state index in [1.807, 2.05) is 24.3 Å². The highest BCUT2D eigenvalue weighted by molar-refractivity contribution is 14.1. The topological polar surface area (TPSA) is 107 Å². The predicted molar refractivity (Wildman–Crippen MR) is 135 cm³/mol. The number of nitro groups is 1. The predicted octanol–water partition coefficient (Wildman–Crippen LogP) is 5.66. The largest absolute Gasteiger partial charge is 0.423 e. The Hall–Kier alpha value is -3.51. The molecular formula is C24H15IN2O6S. The van der Waals surface area contributed by atoms with Gasteiger partial charge in [0.25, 0.3) is 16.8 Å². The number of non-ortho nitro benzene ring substituents is 1. The molecule has 10 heteroatoms. The highest BCUT2D eigenvalue weighted by atomic mass is 127. The fraction of sp³-hybridized carbons (Fsp3) is 0.0417. The molecule has 0 atom stereocenters. The first-order valence-electron chi connectivity index (χ1n) is 9.87. The van der Waals surface area contributed by atoms with Crippen LogP contribution in [0.15, 0.2) is 77.7 Å². The van der Waals surface area contributed by atoms with Gasteiger partial charge in [-0.2, -0.15) is 0 Å². The number of esters is 1. The summed E-state index contributed by atoms with van der Waals surface area (Å²) >= 11 is 3.07. The van der Waals surface area contributed by atoms with Gasteiger partial charge in [0.2, 0.25) is 0 Å². The number of rotatable bonds is 6. The van der Waals surface area contributed by atoms with E-state index < -0.39 is 10.9 Å². The van der Waals surface area contributed by atoms with Crippen LogP contribution in [0.1, 0.15) is 21.5 Å². The monoisotopic (exact) mass is 586 g/mol. The van der Waals surface area contributed by atoms with Crippen molar-refractivity contribution in [1.29, 1.82) is 0 Å². The Morgan fingerprint density at radius 1 is 1.00 bits per heavy atom. The first-order valence-corrected chi connectivity index (χ1v) is 11.8. The average molecular weight is 586 g/mol. The van der Waals surface area contributed by atoms with Crippen molar-refractivity contribution >= 4 is 63.2 Å². The van der Waals surface area contributed by atoms with Crippen molar-refractivity contribution in [3.63, 3.8) is 0 Å². The van der Waals surface area contributed by atoms with Crippen LogP contribution in [0.5, 0.6) is 5.75 Å². The molecule has 0 saturated carbocycles. The third-order valence-electron chi connectivity index (χ3n) is 4.83. The van der Waals surface area contributed by atoms with Crippen LogP contribution in [0.4, 0.5) is 10.5 Å². The molecule has 0 radical (unpaired) electrons. The molecule has 3 aromatic rings. The van der Waals surface area contributed by atoms with E-state index >= 15 is 0 Å². The number of imide groups is 1. The second-order valence-corrected chi connectivity index (χ2v) is 9.40. The Morgan fingerprint density at radius 2 is 1.65 bits per heavy atom.